The molecule has 2 aromatic carbocycles. The number of hydrogen-bond donors (Lipinski definition) is 1. The van der Waals surface area contributed by atoms with Crippen molar-refractivity contribution in [2.45, 2.75) is 32.5 Å². The van der Waals surface area contributed by atoms with Gasteiger partial charge in [0.1, 0.15) is 0 Å². The highest BCUT2D eigenvalue weighted by molar-refractivity contribution is 5.94. The molecule has 1 heterocycles. The van der Waals surface area contributed by atoms with Gasteiger partial charge in [-0.05, 0) is 37.1 Å². The molecular formula is C21H27N3O. The first kappa shape index (κ1) is 17.6. The third-order valence-electron chi connectivity index (χ3n) is 5.01. The maximum absolute atomic E-state index is 12.8. The molecule has 3 rings (SSSR count). The molecule has 1 aliphatic heterocycles. The fraction of sp³-hybridized carbons (Fsp3) is 0.381. The zero-order valence-electron chi connectivity index (χ0n) is 15.1. The first-order valence-electron chi connectivity index (χ1n) is 8.87. The topological polar surface area (TPSA) is 49.6 Å². The highest BCUT2D eigenvalue weighted by Gasteiger charge is 2.35. The smallest absolute Gasteiger partial charge is 0.253 e. The number of nitrogens with two attached hydrogens (primary N) is 1. The van der Waals surface area contributed by atoms with Crippen molar-refractivity contribution in [1.29, 1.82) is 0 Å². The SMILES string of the molecule is CC1(C)CN(C(=O)c2ccc(CN)cc2)CCN1Cc1ccccc1. The molecule has 2 aromatic rings. The average molecular weight is 337 g/mol. The van der Waals surface area contributed by atoms with E-state index in [0.717, 1.165) is 37.3 Å². The second-order valence-electron chi connectivity index (χ2n) is 7.35. The number of piperazine rings is 1. The molecule has 0 bridgehead atoms. The van der Waals surface area contributed by atoms with Crippen molar-refractivity contribution in [2.24, 2.45) is 5.73 Å². The second-order valence-corrected chi connectivity index (χ2v) is 7.35. The molecule has 25 heavy (non-hydrogen) atoms. The van der Waals surface area contributed by atoms with Crippen molar-refractivity contribution >= 4 is 5.91 Å². The molecule has 2 N–H and O–H groups in total. The summed E-state index contributed by atoms with van der Waals surface area (Å²) in [4.78, 5) is 17.3. The van der Waals surface area contributed by atoms with Crippen molar-refractivity contribution in [3.05, 3.63) is 71.3 Å². The second kappa shape index (κ2) is 7.38. The summed E-state index contributed by atoms with van der Waals surface area (Å²) in [5.41, 5.74) is 8.68. The Morgan fingerprint density at radius 2 is 1.68 bits per heavy atom. The number of benzene rings is 2. The van der Waals surface area contributed by atoms with Crippen molar-refractivity contribution in [1.82, 2.24) is 9.80 Å². The van der Waals surface area contributed by atoms with E-state index >= 15 is 0 Å². The van der Waals surface area contributed by atoms with Gasteiger partial charge in [-0.3, -0.25) is 9.69 Å². The normalized spacial score (nSPS) is 17.5. The Kier molecular flexibility index (Phi) is 5.21. The Balaban J connectivity index is 1.67. The van der Waals surface area contributed by atoms with Crippen LogP contribution >= 0.6 is 0 Å². The van der Waals surface area contributed by atoms with Gasteiger partial charge < -0.3 is 10.6 Å². The Labute approximate surface area is 150 Å². The van der Waals surface area contributed by atoms with Crippen LogP contribution in [0.4, 0.5) is 0 Å². The third-order valence-corrected chi connectivity index (χ3v) is 5.01. The third kappa shape index (κ3) is 4.09. The lowest BCUT2D eigenvalue weighted by Crippen LogP contribution is -2.59. The van der Waals surface area contributed by atoms with E-state index in [4.69, 9.17) is 5.73 Å². The highest BCUT2D eigenvalue weighted by Crippen LogP contribution is 2.24. The van der Waals surface area contributed by atoms with Gasteiger partial charge in [0.05, 0.1) is 0 Å². The number of amides is 1. The highest BCUT2D eigenvalue weighted by atomic mass is 16.2. The van der Waals surface area contributed by atoms with E-state index < -0.39 is 0 Å². The minimum atomic E-state index is -0.0546. The first-order valence-corrected chi connectivity index (χ1v) is 8.87. The minimum absolute atomic E-state index is 0.0546. The summed E-state index contributed by atoms with van der Waals surface area (Å²) in [5.74, 6) is 0.107. The van der Waals surface area contributed by atoms with Crippen molar-refractivity contribution in [2.75, 3.05) is 19.6 Å². The van der Waals surface area contributed by atoms with Gasteiger partial charge in [0.2, 0.25) is 0 Å². The zero-order valence-corrected chi connectivity index (χ0v) is 15.1. The molecule has 0 aliphatic carbocycles. The summed E-state index contributed by atoms with van der Waals surface area (Å²) in [6, 6.07) is 18.1. The van der Waals surface area contributed by atoms with Crippen molar-refractivity contribution in [3.8, 4) is 0 Å². The Morgan fingerprint density at radius 3 is 2.28 bits per heavy atom. The fourth-order valence-corrected chi connectivity index (χ4v) is 3.43. The van der Waals surface area contributed by atoms with Gasteiger partial charge >= 0.3 is 0 Å². The van der Waals surface area contributed by atoms with Gasteiger partial charge in [0, 0.05) is 43.8 Å². The summed E-state index contributed by atoms with van der Waals surface area (Å²) >= 11 is 0. The van der Waals surface area contributed by atoms with Crippen LogP contribution in [0.1, 0.15) is 35.3 Å². The van der Waals surface area contributed by atoms with Crippen LogP contribution in [0.3, 0.4) is 0 Å². The van der Waals surface area contributed by atoms with Crippen LogP contribution in [0.25, 0.3) is 0 Å². The largest absolute Gasteiger partial charge is 0.336 e. The van der Waals surface area contributed by atoms with Crippen LogP contribution in [0.15, 0.2) is 54.6 Å². The quantitative estimate of drug-likeness (QED) is 0.933. The van der Waals surface area contributed by atoms with Gasteiger partial charge in [-0.2, -0.15) is 0 Å². The molecule has 1 fully saturated rings. The van der Waals surface area contributed by atoms with E-state index in [0.29, 0.717) is 6.54 Å². The fourth-order valence-electron chi connectivity index (χ4n) is 3.43. The van der Waals surface area contributed by atoms with Crippen LogP contribution in [-0.4, -0.2) is 40.9 Å². The van der Waals surface area contributed by atoms with Gasteiger partial charge in [-0.15, -0.1) is 0 Å². The Hall–Kier alpha value is -2.17. The average Bonchev–Trinajstić information content (AvgIpc) is 2.63. The monoisotopic (exact) mass is 337 g/mol. The lowest BCUT2D eigenvalue weighted by molar-refractivity contribution is 0.0138. The number of carbonyl (C=O) groups is 1. The van der Waals surface area contributed by atoms with Crippen LogP contribution in [0.2, 0.25) is 0 Å². The molecule has 0 unspecified atom stereocenters. The molecule has 0 radical (unpaired) electrons. The van der Waals surface area contributed by atoms with E-state index in [-0.39, 0.29) is 11.4 Å². The number of carbonyl (C=O) groups excluding carboxylic acids is 1. The van der Waals surface area contributed by atoms with Gasteiger partial charge in [-0.25, -0.2) is 0 Å². The molecule has 0 aromatic heterocycles. The molecule has 4 nitrogen and oxygen atoms in total. The molecule has 0 atom stereocenters. The molecule has 1 saturated heterocycles. The van der Waals surface area contributed by atoms with E-state index in [1.165, 1.54) is 5.56 Å². The molecule has 1 aliphatic rings. The van der Waals surface area contributed by atoms with Crippen LogP contribution in [0.5, 0.6) is 0 Å². The van der Waals surface area contributed by atoms with E-state index in [1.54, 1.807) is 0 Å². The lowest BCUT2D eigenvalue weighted by Gasteiger charge is -2.47. The first-order chi connectivity index (χ1) is 12.0. The van der Waals surface area contributed by atoms with Gasteiger partial charge in [0.25, 0.3) is 5.91 Å². The number of hydrogen-bond acceptors (Lipinski definition) is 3. The maximum Gasteiger partial charge on any atom is 0.253 e. The summed E-state index contributed by atoms with van der Waals surface area (Å²) in [5, 5.41) is 0. The maximum atomic E-state index is 12.8. The summed E-state index contributed by atoms with van der Waals surface area (Å²) < 4.78 is 0. The Morgan fingerprint density at radius 1 is 1.00 bits per heavy atom. The van der Waals surface area contributed by atoms with Crippen LogP contribution < -0.4 is 5.73 Å². The predicted molar refractivity (Wildman–Crippen MR) is 101 cm³/mol. The van der Waals surface area contributed by atoms with E-state index in [2.05, 4.69) is 43.0 Å². The zero-order chi connectivity index (χ0) is 17.9. The molecule has 0 saturated carbocycles. The standard InChI is InChI=1S/C21H27N3O/c1-21(2)16-23(20(25)19-10-8-17(14-22)9-11-19)12-13-24(21)15-18-6-4-3-5-7-18/h3-11H,12-16,22H2,1-2H3. The molecule has 132 valence electrons. The summed E-state index contributed by atoms with van der Waals surface area (Å²) in [6.45, 7) is 8.22. The number of rotatable bonds is 4. The van der Waals surface area contributed by atoms with E-state index in [9.17, 15) is 4.79 Å². The van der Waals surface area contributed by atoms with Crippen molar-refractivity contribution in [3.63, 3.8) is 0 Å². The van der Waals surface area contributed by atoms with Crippen molar-refractivity contribution < 1.29 is 4.79 Å². The van der Waals surface area contributed by atoms with Gasteiger partial charge in [0.15, 0.2) is 0 Å². The predicted octanol–water partition coefficient (Wildman–Crippen LogP) is 2.88. The molecule has 1 amide bonds. The molecule has 0 spiro atoms. The summed E-state index contributed by atoms with van der Waals surface area (Å²) in [6.07, 6.45) is 0. The van der Waals surface area contributed by atoms with Gasteiger partial charge in [-0.1, -0.05) is 42.5 Å². The van der Waals surface area contributed by atoms with Crippen LogP contribution in [-0.2, 0) is 13.1 Å². The van der Waals surface area contributed by atoms with E-state index in [1.807, 2.05) is 35.2 Å². The molecule has 4 heteroatoms. The van der Waals surface area contributed by atoms with Crippen LogP contribution in [0, 0.1) is 0 Å². The summed E-state index contributed by atoms with van der Waals surface area (Å²) in [7, 11) is 0. The lowest BCUT2D eigenvalue weighted by atomic mass is 9.97. The molecular weight excluding hydrogens is 310 g/mol. The Bertz CT molecular complexity index is 710. The number of nitrogens with zero attached hydrogens (tertiary/aromatic N) is 2. The minimum Gasteiger partial charge on any atom is -0.336 e.